The van der Waals surface area contributed by atoms with Crippen LogP contribution in [0.15, 0.2) is 315 Å². The predicted molar refractivity (Wildman–Crippen MR) is 437 cm³/mol. The van der Waals surface area contributed by atoms with Crippen LogP contribution in [-0.2, 0) is 57.0 Å². The molecule has 0 aliphatic carbocycles. The van der Waals surface area contributed by atoms with Gasteiger partial charge in [-0.2, -0.15) is 0 Å². The van der Waals surface area contributed by atoms with Gasteiger partial charge in [-0.3, -0.25) is 0 Å². The molecule has 628 valence electrons. The molecule has 0 aromatic heterocycles. The molecule has 0 bridgehead atoms. The highest BCUT2D eigenvalue weighted by atomic mass is 16.6. The molecule has 10 aromatic rings. The van der Waals surface area contributed by atoms with E-state index in [9.17, 15) is 58.2 Å². The van der Waals surface area contributed by atoms with E-state index in [-0.39, 0.29) is 66.1 Å². The fraction of sp³-hybridized carbons (Fsp3) is 0.196. The lowest BCUT2D eigenvalue weighted by atomic mass is 10.2. The summed E-state index contributed by atoms with van der Waals surface area (Å²) < 4.78 is 50.2. The molecule has 28 nitrogen and oxygen atoms in total. The highest BCUT2D eigenvalue weighted by Gasteiger charge is 2.23. The van der Waals surface area contributed by atoms with Crippen molar-refractivity contribution < 1.29 is 136 Å². The largest absolute Gasteiger partial charge is 0.460 e. The second-order valence-corrected chi connectivity index (χ2v) is 24.6. The Bertz CT molecular complexity index is 4530. The van der Waals surface area contributed by atoms with Crippen LogP contribution in [0.4, 0.5) is 0 Å². The van der Waals surface area contributed by atoms with Gasteiger partial charge in [-0.15, -0.1) is 0 Å². The smallest absolute Gasteiger partial charge is 0.338 e. The molecule has 0 heterocycles. The standard InChI is InChI=1S/C24H20O6.2C17H16O5.2C12H14O4.C10H12O4/c25-22(18-10-4-1-5-11-18)28-16-21(30-24(27)20-14-8-3-9-15-20)17-29-23(26)19-12-6-2-7-13-19;18-15(11-21-16(19)13-7-3-1-4-8-13)12-22-17(20)14-9-5-2-6-10-14;18-11-15(22-17(20)14-9-5-2-6-10-14)12-21-16(19)13-7-3-1-4-8-13;13-8-11(14)9-16-12(15)7-6-10-4-2-1-3-5-10;13-8-11(9-14)16-12(15)7-6-10-4-2-1-3-5-10;11-6-9(7-12)14-10(13)8-4-2-1-3-5-8/h1-15,21H,16-17H2;2*1-10,15,18H,11-12H2;2*1-7,11,13-14H,8-9H2;1-5,9,11-12H,6-7H2/b;;;2*7-6+;. The van der Waals surface area contributed by atoms with Crippen molar-refractivity contribution in [1.29, 1.82) is 0 Å². The summed E-state index contributed by atoms with van der Waals surface area (Å²) >= 11 is 0. The molecule has 0 saturated carbocycles. The lowest BCUT2D eigenvalue weighted by molar-refractivity contribution is -0.147. The van der Waals surface area contributed by atoms with Crippen LogP contribution in [0, 0.1) is 0 Å². The van der Waals surface area contributed by atoms with Gasteiger partial charge in [0.15, 0.2) is 12.2 Å². The Labute approximate surface area is 691 Å². The minimum atomic E-state index is -1.07. The average Bonchev–Trinajstić information content (AvgIpc) is 0.890. The number of hydrogen-bond acceptors (Lipinski definition) is 28. The SMILES string of the molecule is O=C(/C=C/c1ccccc1)OC(CO)CO.O=C(/C=C/c1ccccc1)OCC(O)CO.O=C(OC(CO)CO)c1ccccc1.O=C(OCC(CO)OC(=O)c1ccccc1)c1ccccc1.O=C(OCC(COC(=O)c1ccccc1)OC(=O)c1ccccc1)c1ccccc1.O=C(OCC(O)COC(=O)c1ccccc1)c1ccccc1. The van der Waals surface area contributed by atoms with E-state index in [0.29, 0.717) is 44.5 Å². The van der Waals surface area contributed by atoms with E-state index in [0.717, 1.165) is 11.1 Å². The second-order valence-electron chi connectivity index (χ2n) is 24.6. The van der Waals surface area contributed by atoms with Crippen LogP contribution in [0.5, 0.6) is 0 Å². The summed E-state index contributed by atoms with van der Waals surface area (Å²) in [6, 6.07) is 86.0. The molecule has 0 amide bonds. The molecule has 0 fully saturated rings. The van der Waals surface area contributed by atoms with Gasteiger partial charge < -0.3 is 88.2 Å². The number of aliphatic hydroxyl groups excluding tert-OH is 8. The fourth-order valence-electron chi connectivity index (χ4n) is 9.01. The quantitative estimate of drug-likeness (QED) is 0.0106. The lowest BCUT2D eigenvalue weighted by Gasteiger charge is -2.18. The highest BCUT2D eigenvalue weighted by molar-refractivity contribution is 5.94. The van der Waals surface area contributed by atoms with Gasteiger partial charge in [0.2, 0.25) is 0 Å². The maximum absolute atomic E-state index is 12.4. The van der Waals surface area contributed by atoms with Crippen molar-refractivity contribution in [3.8, 4) is 0 Å². The molecule has 10 rings (SSSR count). The van der Waals surface area contributed by atoms with E-state index in [4.69, 9.17) is 73.3 Å². The molecular weight excluding hydrogens is 1550 g/mol. The molecule has 0 spiro atoms. The Morgan fingerprint density at radius 3 is 0.692 bits per heavy atom. The Morgan fingerprint density at radius 1 is 0.217 bits per heavy atom. The van der Waals surface area contributed by atoms with Gasteiger partial charge >= 0.3 is 59.7 Å². The summed E-state index contributed by atoms with van der Waals surface area (Å²) in [4.78, 5) is 117. The first-order valence-electron chi connectivity index (χ1n) is 37.0. The van der Waals surface area contributed by atoms with Gasteiger partial charge in [-0.05, 0) is 120 Å². The average molecular weight is 1650 g/mol. The normalized spacial score (nSPS) is 10.9. The Morgan fingerprint density at radius 2 is 0.425 bits per heavy atom. The molecule has 8 N–H and O–H groups in total. The number of rotatable bonds is 34. The van der Waals surface area contributed by atoms with Crippen molar-refractivity contribution >= 4 is 71.8 Å². The van der Waals surface area contributed by atoms with Crippen molar-refractivity contribution in [3.63, 3.8) is 0 Å². The molecule has 2 atom stereocenters. The lowest BCUT2D eigenvalue weighted by Crippen LogP contribution is -2.31. The van der Waals surface area contributed by atoms with Gasteiger partial charge in [-0.1, -0.05) is 206 Å². The predicted octanol–water partition coefficient (Wildman–Crippen LogP) is 9.44. The topological polar surface area (TPSA) is 425 Å². The molecular formula is C92H92O28. The third-order valence-electron chi connectivity index (χ3n) is 15.3. The number of aliphatic hydroxyl groups is 8. The van der Waals surface area contributed by atoms with E-state index >= 15 is 0 Å². The molecule has 0 aliphatic rings. The Hall–Kier alpha value is -13.9. The van der Waals surface area contributed by atoms with E-state index in [2.05, 4.69) is 4.74 Å². The summed E-state index contributed by atoms with van der Waals surface area (Å²) in [5.74, 6) is -5.58. The minimum Gasteiger partial charge on any atom is -0.460 e. The van der Waals surface area contributed by atoms with Gasteiger partial charge in [0.1, 0.15) is 64.1 Å². The van der Waals surface area contributed by atoms with Crippen LogP contribution in [0.2, 0.25) is 0 Å². The van der Waals surface area contributed by atoms with Gasteiger partial charge in [0.25, 0.3) is 0 Å². The van der Waals surface area contributed by atoms with E-state index < -0.39 is 110 Å². The van der Waals surface area contributed by atoms with Gasteiger partial charge in [0.05, 0.1) is 84.1 Å². The van der Waals surface area contributed by atoms with Crippen LogP contribution in [0.3, 0.4) is 0 Å². The second kappa shape index (κ2) is 58.0. The molecule has 28 heteroatoms. The van der Waals surface area contributed by atoms with Crippen molar-refractivity contribution in [1.82, 2.24) is 0 Å². The molecule has 2 unspecified atom stereocenters. The zero-order valence-corrected chi connectivity index (χ0v) is 64.9. The summed E-state index contributed by atoms with van der Waals surface area (Å²) in [5.41, 5.74) is 4.81. The third-order valence-corrected chi connectivity index (χ3v) is 15.3. The summed E-state index contributed by atoms with van der Waals surface area (Å²) in [6.07, 6.45) is 0.109. The maximum atomic E-state index is 12.4. The van der Waals surface area contributed by atoms with E-state index in [1.54, 1.807) is 255 Å². The van der Waals surface area contributed by atoms with Crippen molar-refractivity contribution in [2.45, 2.75) is 36.6 Å². The van der Waals surface area contributed by atoms with Crippen LogP contribution >= 0.6 is 0 Å². The molecule has 0 aliphatic heterocycles. The Kier molecular flexibility index (Phi) is 46.7. The van der Waals surface area contributed by atoms with Crippen LogP contribution in [0.25, 0.3) is 12.2 Å². The van der Waals surface area contributed by atoms with Crippen molar-refractivity contribution in [2.75, 3.05) is 79.3 Å². The monoisotopic (exact) mass is 1640 g/mol. The summed E-state index contributed by atoms with van der Waals surface area (Å²) in [6.45, 7) is -3.78. The number of benzene rings is 10. The molecule has 0 saturated heterocycles. The summed E-state index contributed by atoms with van der Waals surface area (Å²) in [7, 11) is 0. The van der Waals surface area contributed by atoms with Gasteiger partial charge in [0, 0.05) is 12.2 Å². The Balaban J connectivity index is 0.000000261. The van der Waals surface area contributed by atoms with Crippen molar-refractivity contribution in [2.24, 2.45) is 0 Å². The van der Waals surface area contributed by atoms with E-state index in [1.165, 1.54) is 12.2 Å². The summed E-state index contributed by atoms with van der Waals surface area (Å²) in [5, 5.41) is 71.1. The zero-order chi connectivity index (χ0) is 86.8. The molecule has 120 heavy (non-hydrogen) atoms. The maximum Gasteiger partial charge on any atom is 0.338 e. The minimum absolute atomic E-state index is 0.200. The number of carbonyl (C=O) groups excluding carboxylic acids is 10. The van der Waals surface area contributed by atoms with Crippen LogP contribution < -0.4 is 0 Å². The van der Waals surface area contributed by atoms with E-state index in [1.807, 2.05) is 60.7 Å². The first kappa shape index (κ1) is 96.6. The number of carbonyl (C=O) groups is 10. The van der Waals surface area contributed by atoms with Crippen LogP contribution in [0.1, 0.15) is 94.0 Å². The number of esters is 10. The molecule has 10 aromatic carbocycles. The zero-order valence-electron chi connectivity index (χ0n) is 64.9. The third kappa shape index (κ3) is 40.1. The number of ether oxygens (including phenoxy) is 10. The fourth-order valence-corrected chi connectivity index (χ4v) is 9.01. The van der Waals surface area contributed by atoms with Crippen LogP contribution in [-0.4, -0.2) is 216 Å². The molecule has 0 radical (unpaired) electrons. The highest BCUT2D eigenvalue weighted by Crippen LogP contribution is 2.14. The first-order chi connectivity index (χ1) is 58.2. The van der Waals surface area contributed by atoms with Gasteiger partial charge in [-0.25, -0.2) is 47.9 Å². The first-order valence-corrected chi connectivity index (χ1v) is 37.0. The van der Waals surface area contributed by atoms with Crippen molar-refractivity contribution in [3.05, 3.63) is 371 Å². The number of hydrogen-bond donors (Lipinski definition) is 8.